The number of hydrogen-bond donors (Lipinski definition) is 1. The Morgan fingerprint density at radius 1 is 1.33 bits per heavy atom. The zero-order chi connectivity index (χ0) is 9.40. The number of carbonyl (C=O) groups is 1. The fourth-order valence-electron chi connectivity index (χ4n) is 1.05. The van der Waals surface area contributed by atoms with Crippen molar-refractivity contribution in [2.75, 3.05) is 0 Å². The highest BCUT2D eigenvalue weighted by Gasteiger charge is 2.03. The predicted octanol–water partition coefficient (Wildman–Crippen LogP) is 2.99. The van der Waals surface area contributed by atoms with Crippen LogP contribution in [0.4, 0.5) is 0 Å². The van der Waals surface area contributed by atoms with Crippen LogP contribution >= 0.6 is 0 Å². The van der Waals surface area contributed by atoms with Crippen LogP contribution < -0.4 is 0 Å². The molecule has 2 heteroatoms. The van der Waals surface area contributed by atoms with Crippen molar-refractivity contribution in [2.45, 2.75) is 46.0 Å². The Labute approximate surface area is 74.3 Å². The third-order valence-corrected chi connectivity index (χ3v) is 1.74. The van der Waals surface area contributed by atoms with Gasteiger partial charge in [-0.1, -0.05) is 39.2 Å². The van der Waals surface area contributed by atoms with E-state index in [0.29, 0.717) is 12.0 Å². The molecule has 0 fully saturated rings. The standard InChI is InChI=1S/C10H18O2/c1-3-5-6-8-9(7-4-2)10(11)12/h8H,3-7H2,1-2H3,(H,11,12)/b9-8+. The highest BCUT2D eigenvalue weighted by atomic mass is 16.4. The van der Waals surface area contributed by atoms with Crippen LogP contribution in [0.15, 0.2) is 11.6 Å². The lowest BCUT2D eigenvalue weighted by Crippen LogP contribution is -1.99. The molecular formula is C10H18O2. The second kappa shape index (κ2) is 6.89. The Balaban J connectivity index is 3.90. The van der Waals surface area contributed by atoms with Gasteiger partial charge in [-0.25, -0.2) is 4.79 Å². The first kappa shape index (κ1) is 11.2. The molecule has 70 valence electrons. The van der Waals surface area contributed by atoms with E-state index in [1.54, 1.807) is 0 Å². The molecule has 2 nitrogen and oxygen atoms in total. The Morgan fingerprint density at radius 3 is 2.42 bits per heavy atom. The molecule has 0 bridgehead atoms. The maximum absolute atomic E-state index is 10.6. The summed E-state index contributed by atoms with van der Waals surface area (Å²) in [4.78, 5) is 10.6. The maximum Gasteiger partial charge on any atom is 0.331 e. The van der Waals surface area contributed by atoms with E-state index in [1.165, 1.54) is 0 Å². The van der Waals surface area contributed by atoms with Crippen LogP contribution in [0.3, 0.4) is 0 Å². The second-order valence-corrected chi connectivity index (χ2v) is 2.93. The molecule has 0 aromatic heterocycles. The van der Waals surface area contributed by atoms with Crippen molar-refractivity contribution in [3.63, 3.8) is 0 Å². The summed E-state index contributed by atoms with van der Waals surface area (Å²) in [6.07, 6.45) is 6.56. The molecule has 0 aromatic rings. The topological polar surface area (TPSA) is 37.3 Å². The molecule has 0 spiro atoms. The summed E-state index contributed by atoms with van der Waals surface area (Å²) in [6, 6.07) is 0. The van der Waals surface area contributed by atoms with Crippen LogP contribution in [0.1, 0.15) is 46.0 Å². The van der Waals surface area contributed by atoms with Crippen LogP contribution in [0.5, 0.6) is 0 Å². The number of allylic oxidation sites excluding steroid dienone is 1. The minimum Gasteiger partial charge on any atom is -0.478 e. The van der Waals surface area contributed by atoms with Crippen LogP contribution in [-0.4, -0.2) is 11.1 Å². The molecule has 1 N–H and O–H groups in total. The van der Waals surface area contributed by atoms with Gasteiger partial charge in [0.2, 0.25) is 0 Å². The first-order chi connectivity index (χ1) is 5.72. The first-order valence-corrected chi connectivity index (χ1v) is 4.64. The quantitative estimate of drug-likeness (QED) is 0.491. The highest BCUT2D eigenvalue weighted by molar-refractivity contribution is 5.86. The van der Waals surface area contributed by atoms with E-state index in [4.69, 9.17) is 5.11 Å². The van der Waals surface area contributed by atoms with Gasteiger partial charge in [0, 0.05) is 5.57 Å². The molecule has 0 radical (unpaired) electrons. The lowest BCUT2D eigenvalue weighted by Gasteiger charge is -1.98. The van der Waals surface area contributed by atoms with E-state index < -0.39 is 5.97 Å². The fraction of sp³-hybridized carbons (Fsp3) is 0.700. The minimum absolute atomic E-state index is 0.575. The first-order valence-electron chi connectivity index (χ1n) is 4.64. The molecule has 0 heterocycles. The summed E-state index contributed by atoms with van der Waals surface area (Å²) in [7, 11) is 0. The summed E-state index contributed by atoms with van der Waals surface area (Å²) in [6.45, 7) is 4.10. The Kier molecular flexibility index (Phi) is 6.44. The molecule has 0 amide bonds. The molecule has 0 aliphatic heterocycles. The van der Waals surface area contributed by atoms with Gasteiger partial charge in [0.05, 0.1) is 0 Å². The van der Waals surface area contributed by atoms with E-state index in [-0.39, 0.29) is 0 Å². The Bertz CT molecular complexity index is 159. The number of aliphatic carboxylic acids is 1. The van der Waals surface area contributed by atoms with E-state index in [0.717, 1.165) is 25.7 Å². The third-order valence-electron chi connectivity index (χ3n) is 1.74. The normalized spacial score (nSPS) is 11.7. The number of hydrogen-bond acceptors (Lipinski definition) is 1. The lowest BCUT2D eigenvalue weighted by molar-refractivity contribution is -0.132. The summed E-state index contributed by atoms with van der Waals surface area (Å²) < 4.78 is 0. The van der Waals surface area contributed by atoms with Crippen molar-refractivity contribution in [1.82, 2.24) is 0 Å². The second-order valence-electron chi connectivity index (χ2n) is 2.93. The molecule has 0 saturated carbocycles. The molecule has 0 saturated heterocycles. The van der Waals surface area contributed by atoms with Crippen LogP contribution in [-0.2, 0) is 4.79 Å². The largest absolute Gasteiger partial charge is 0.478 e. The van der Waals surface area contributed by atoms with Gasteiger partial charge in [-0.2, -0.15) is 0 Å². The average Bonchev–Trinajstić information content (AvgIpc) is 2.03. The SMILES string of the molecule is CCCC/C=C(\CCC)C(=O)O. The summed E-state index contributed by atoms with van der Waals surface area (Å²) in [5.74, 6) is -0.757. The van der Waals surface area contributed by atoms with Gasteiger partial charge in [-0.15, -0.1) is 0 Å². The van der Waals surface area contributed by atoms with Gasteiger partial charge in [0.25, 0.3) is 0 Å². The summed E-state index contributed by atoms with van der Waals surface area (Å²) in [5, 5.41) is 8.74. The zero-order valence-corrected chi connectivity index (χ0v) is 7.97. The van der Waals surface area contributed by atoms with Gasteiger partial charge >= 0.3 is 5.97 Å². The van der Waals surface area contributed by atoms with Crippen molar-refractivity contribution in [2.24, 2.45) is 0 Å². The van der Waals surface area contributed by atoms with E-state index in [9.17, 15) is 4.79 Å². The maximum atomic E-state index is 10.6. The van der Waals surface area contributed by atoms with Gasteiger partial charge < -0.3 is 5.11 Å². The number of carboxylic acid groups (broad SMARTS) is 1. The highest BCUT2D eigenvalue weighted by Crippen LogP contribution is 2.07. The monoisotopic (exact) mass is 170 g/mol. The molecule has 0 aromatic carbocycles. The Hall–Kier alpha value is -0.790. The van der Waals surface area contributed by atoms with Crippen molar-refractivity contribution < 1.29 is 9.90 Å². The van der Waals surface area contributed by atoms with E-state index in [2.05, 4.69) is 6.92 Å². The smallest absolute Gasteiger partial charge is 0.331 e. The van der Waals surface area contributed by atoms with Crippen LogP contribution in [0, 0.1) is 0 Å². The summed E-state index contributed by atoms with van der Waals surface area (Å²) in [5.41, 5.74) is 0.575. The average molecular weight is 170 g/mol. The molecule has 0 unspecified atom stereocenters. The molecule has 0 aliphatic rings. The van der Waals surface area contributed by atoms with Gasteiger partial charge in [0.15, 0.2) is 0 Å². The lowest BCUT2D eigenvalue weighted by atomic mass is 10.1. The third kappa shape index (κ3) is 4.94. The number of unbranched alkanes of at least 4 members (excludes halogenated alkanes) is 2. The zero-order valence-electron chi connectivity index (χ0n) is 7.97. The predicted molar refractivity (Wildman–Crippen MR) is 50.2 cm³/mol. The van der Waals surface area contributed by atoms with Crippen molar-refractivity contribution in [3.05, 3.63) is 11.6 Å². The van der Waals surface area contributed by atoms with Gasteiger partial charge in [0.1, 0.15) is 0 Å². The van der Waals surface area contributed by atoms with Gasteiger partial charge in [-0.05, 0) is 12.8 Å². The molecule has 0 atom stereocenters. The fourth-order valence-corrected chi connectivity index (χ4v) is 1.05. The summed E-state index contributed by atoms with van der Waals surface area (Å²) >= 11 is 0. The van der Waals surface area contributed by atoms with Crippen LogP contribution in [0.25, 0.3) is 0 Å². The van der Waals surface area contributed by atoms with Crippen molar-refractivity contribution in [1.29, 1.82) is 0 Å². The molecule has 12 heavy (non-hydrogen) atoms. The van der Waals surface area contributed by atoms with E-state index >= 15 is 0 Å². The van der Waals surface area contributed by atoms with Crippen molar-refractivity contribution >= 4 is 5.97 Å². The molecule has 0 aliphatic carbocycles. The Morgan fingerprint density at radius 2 is 2.00 bits per heavy atom. The minimum atomic E-state index is -0.757. The van der Waals surface area contributed by atoms with Gasteiger partial charge in [-0.3, -0.25) is 0 Å². The van der Waals surface area contributed by atoms with E-state index in [1.807, 2.05) is 13.0 Å². The number of carboxylic acids is 1. The van der Waals surface area contributed by atoms with Crippen LogP contribution in [0.2, 0.25) is 0 Å². The van der Waals surface area contributed by atoms with Crippen molar-refractivity contribution in [3.8, 4) is 0 Å². The molecular weight excluding hydrogens is 152 g/mol. The molecule has 0 rings (SSSR count). The number of rotatable bonds is 6.